The minimum Gasteiger partial charge on any atom is -0.492 e. The van der Waals surface area contributed by atoms with E-state index in [4.69, 9.17) is 37.1 Å². The average Bonchev–Trinajstić information content (AvgIpc) is 2.59. The van der Waals surface area contributed by atoms with Gasteiger partial charge in [0.05, 0.1) is 11.6 Å². The predicted molar refractivity (Wildman–Crippen MR) is 104 cm³/mol. The minimum atomic E-state index is -0.443. The number of carbonyl (C=O) groups is 1. The van der Waals surface area contributed by atoms with Crippen molar-refractivity contribution in [3.63, 3.8) is 0 Å². The lowest BCUT2D eigenvalue weighted by molar-refractivity contribution is -0.134. The summed E-state index contributed by atoms with van der Waals surface area (Å²) in [4.78, 5) is 23.5. The summed E-state index contributed by atoms with van der Waals surface area (Å²) in [5.74, 6) is 0.424. The number of ether oxygens (including phenoxy) is 2. The van der Waals surface area contributed by atoms with Gasteiger partial charge in [-0.3, -0.25) is 4.79 Å². The highest BCUT2D eigenvalue weighted by atomic mass is 35.5. The Balaban J connectivity index is 1.53. The highest BCUT2D eigenvalue weighted by Gasteiger charge is 2.09. The molecule has 0 saturated carbocycles. The zero-order valence-electron chi connectivity index (χ0n) is 14.5. The van der Waals surface area contributed by atoms with E-state index in [0.717, 1.165) is 10.9 Å². The van der Waals surface area contributed by atoms with Gasteiger partial charge >= 0.3 is 11.6 Å². The molecule has 3 rings (SSSR count). The van der Waals surface area contributed by atoms with Gasteiger partial charge in [-0.2, -0.15) is 0 Å². The monoisotopic (exact) mass is 406 g/mol. The summed E-state index contributed by atoms with van der Waals surface area (Å²) in [7, 11) is 0. The smallest absolute Gasteiger partial charge is 0.336 e. The van der Waals surface area contributed by atoms with Crippen molar-refractivity contribution in [2.75, 3.05) is 6.61 Å². The first kappa shape index (κ1) is 19.3. The normalized spacial score (nSPS) is 10.8. The molecule has 0 radical (unpaired) electrons. The fourth-order valence-corrected chi connectivity index (χ4v) is 3.01. The van der Waals surface area contributed by atoms with Crippen LogP contribution in [0.3, 0.4) is 0 Å². The molecule has 0 unspecified atom stereocenters. The van der Waals surface area contributed by atoms with Gasteiger partial charge in [-0.15, -0.1) is 0 Å². The Labute approximate surface area is 165 Å². The van der Waals surface area contributed by atoms with Crippen LogP contribution in [-0.4, -0.2) is 12.6 Å². The second-order valence-electron chi connectivity index (χ2n) is 5.91. The fraction of sp³-hybridized carbons (Fsp3) is 0.200. The molecule has 0 spiro atoms. The molecule has 0 aliphatic carbocycles. The number of carbonyl (C=O) groups excluding carboxylic acids is 1. The van der Waals surface area contributed by atoms with Crippen LogP contribution in [0.2, 0.25) is 10.0 Å². The summed E-state index contributed by atoms with van der Waals surface area (Å²) in [6.07, 6.45) is 0.626. The van der Waals surface area contributed by atoms with Crippen molar-refractivity contribution in [3.05, 3.63) is 68.5 Å². The second-order valence-corrected chi connectivity index (χ2v) is 6.75. The van der Waals surface area contributed by atoms with Crippen LogP contribution in [0.5, 0.6) is 11.5 Å². The lowest BCUT2D eigenvalue weighted by atomic mass is 10.1. The molecule has 0 aliphatic rings. The molecule has 2 aromatic carbocycles. The van der Waals surface area contributed by atoms with Crippen LogP contribution < -0.4 is 15.1 Å². The topological polar surface area (TPSA) is 65.7 Å². The van der Waals surface area contributed by atoms with Gasteiger partial charge in [0.15, 0.2) is 0 Å². The SMILES string of the molecule is Cc1cc(=O)oc2cc(OC(=O)CCCOc3ccc(Cl)cc3Cl)ccc12. The largest absolute Gasteiger partial charge is 0.492 e. The lowest BCUT2D eigenvalue weighted by Gasteiger charge is -2.08. The van der Waals surface area contributed by atoms with Crippen LogP contribution in [0, 0.1) is 6.92 Å². The molecule has 0 N–H and O–H groups in total. The number of hydrogen-bond acceptors (Lipinski definition) is 5. The third-order valence-corrected chi connectivity index (χ3v) is 4.36. The molecule has 0 saturated heterocycles. The zero-order valence-corrected chi connectivity index (χ0v) is 16.0. The van der Waals surface area contributed by atoms with Crippen LogP contribution >= 0.6 is 23.2 Å². The molecule has 0 aliphatic heterocycles. The number of benzene rings is 2. The van der Waals surface area contributed by atoms with Gasteiger partial charge in [0.1, 0.15) is 17.1 Å². The van der Waals surface area contributed by atoms with Gasteiger partial charge in [0, 0.05) is 29.0 Å². The molecule has 3 aromatic rings. The van der Waals surface area contributed by atoms with E-state index in [2.05, 4.69) is 0 Å². The van der Waals surface area contributed by atoms with E-state index >= 15 is 0 Å². The maximum absolute atomic E-state index is 12.0. The Kier molecular flexibility index (Phi) is 6.04. The van der Waals surface area contributed by atoms with Crippen molar-refractivity contribution in [1.29, 1.82) is 0 Å². The van der Waals surface area contributed by atoms with Gasteiger partial charge in [-0.1, -0.05) is 23.2 Å². The Morgan fingerprint density at radius 2 is 1.93 bits per heavy atom. The van der Waals surface area contributed by atoms with E-state index in [0.29, 0.717) is 40.2 Å². The summed E-state index contributed by atoms with van der Waals surface area (Å²) in [6.45, 7) is 2.13. The summed E-state index contributed by atoms with van der Waals surface area (Å²) in [5, 5.41) is 1.73. The standard InChI is InChI=1S/C20H16Cl2O5/c1-12-9-20(24)27-18-11-14(5-6-15(12)18)26-19(23)3-2-8-25-17-7-4-13(21)10-16(17)22/h4-7,9-11H,2-3,8H2,1H3. The maximum atomic E-state index is 12.0. The first-order valence-electron chi connectivity index (χ1n) is 8.25. The molecule has 1 heterocycles. The van der Waals surface area contributed by atoms with E-state index in [-0.39, 0.29) is 6.42 Å². The van der Waals surface area contributed by atoms with Crippen LogP contribution in [0.4, 0.5) is 0 Å². The minimum absolute atomic E-state index is 0.168. The van der Waals surface area contributed by atoms with E-state index in [9.17, 15) is 9.59 Å². The Hall–Kier alpha value is -2.50. The van der Waals surface area contributed by atoms with Gasteiger partial charge in [-0.25, -0.2) is 4.79 Å². The van der Waals surface area contributed by atoms with Crippen molar-refractivity contribution in [3.8, 4) is 11.5 Å². The quantitative estimate of drug-likeness (QED) is 0.244. The molecule has 0 bridgehead atoms. The van der Waals surface area contributed by atoms with Gasteiger partial charge in [-0.05, 0) is 49.2 Å². The molecule has 0 fully saturated rings. The summed E-state index contributed by atoms with van der Waals surface area (Å²) < 4.78 is 16.0. The summed E-state index contributed by atoms with van der Waals surface area (Å²) >= 11 is 11.8. The van der Waals surface area contributed by atoms with E-state index in [1.54, 1.807) is 30.3 Å². The van der Waals surface area contributed by atoms with Crippen LogP contribution in [0.1, 0.15) is 18.4 Å². The van der Waals surface area contributed by atoms with Gasteiger partial charge < -0.3 is 13.9 Å². The number of esters is 1. The van der Waals surface area contributed by atoms with Crippen LogP contribution in [0.25, 0.3) is 11.0 Å². The molecule has 0 amide bonds. The van der Waals surface area contributed by atoms with Crippen LogP contribution in [-0.2, 0) is 4.79 Å². The van der Waals surface area contributed by atoms with Crippen molar-refractivity contribution in [2.24, 2.45) is 0 Å². The zero-order chi connectivity index (χ0) is 19.4. The average molecular weight is 407 g/mol. The van der Waals surface area contributed by atoms with Crippen LogP contribution in [0.15, 0.2) is 51.7 Å². The molecule has 0 atom stereocenters. The lowest BCUT2D eigenvalue weighted by Crippen LogP contribution is -2.10. The summed E-state index contributed by atoms with van der Waals surface area (Å²) in [5.41, 5.74) is 0.740. The molecule has 1 aromatic heterocycles. The molecule has 5 nitrogen and oxygen atoms in total. The first-order chi connectivity index (χ1) is 12.9. The highest BCUT2D eigenvalue weighted by Crippen LogP contribution is 2.27. The van der Waals surface area contributed by atoms with Crippen molar-refractivity contribution in [2.45, 2.75) is 19.8 Å². The van der Waals surface area contributed by atoms with Crippen molar-refractivity contribution >= 4 is 40.1 Å². The summed E-state index contributed by atoms with van der Waals surface area (Å²) in [6, 6.07) is 11.3. The molecule has 7 heteroatoms. The van der Waals surface area contributed by atoms with Crippen molar-refractivity contribution in [1.82, 2.24) is 0 Å². The third-order valence-electron chi connectivity index (χ3n) is 3.83. The number of rotatable bonds is 6. The molecule has 27 heavy (non-hydrogen) atoms. The number of fused-ring (bicyclic) bond motifs is 1. The maximum Gasteiger partial charge on any atom is 0.336 e. The molecular formula is C20H16Cl2O5. The van der Waals surface area contributed by atoms with Gasteiger partial charge in [0.25, 0.3) is 0 Å². The van der Waals surface area contributed by atoms with E-state index in [1.807, 2.05) is 6.92 Å². The first-order valence-corrected chi connectivity index (χ1v) is 9.01. The highest BCUT2D eigenvalue weighted by molar-refractivity contribution is 6.35. The molecular weight excluding hydrogens is 391 g/mol. The Morgan fingerprint density at radius 3 is 2.70 bits per heavy atom. The Bertz CT molecular complexity index is 1040. The van der Waals surface area contributed by atoms with Crippen molar-refractivity contribution < 1.29 is 18.7 Å². The second kappa shape index (κ2) is 8.46. The Morgan fingerprint density at radius 1 is 1.11 bits per heavy atom. The predicted octanol–water partition coefficient (Wildman–Crippen LogP) is 5.17. The van der Waals surface area contributed by atoms with E-state index < -0.39 is 11.6 Å². The molecule has 140 valence electrons. The van der Waals surface area contributed by atoms with E-state index in [1.165, 1.54) is 12.1 Å². The third kappa shape index (κ3) is 5.02. The number of aryl methyl sites for hydroxylation is 1. The number of hydrogen-bond donors (Lipinski definition) is 0. The van der Waals surface area contributed by atoms with Gasteiger partial charge in [0.2, 0.25) is 0 Å². The fourth-order valence-electron chi connectivity index (χ4n) is 2.54. The number of halogens is 2.